The number of alkyl halides is 3. The molecule has 0 spiro atoms. The van der Waals surface area contributed by atoms with Gasteiger partial charge < -0.3 is 15.7 Å². The van der Waals surface area contributed by atoms with Crippen molar-refractivity contribution in [1.82, 2.24) is 4.90 Å². The minimum atomic E-state index is -4.45. The fourth-order valence-electron chi connectivity index (χ4n) is 1.14. The molecule has 0 aromatic heterocycles. The van der Waals surface area contributed by atoms with E-state index in [1.165, 1.54) is 0 Å². The molecule has 1 amide bonds. The van der Waals surface area contributed by atoms with Gasteiger partial charge in [0.25, 0.3) is 0 Å². The molecule has 0 aromatic carbocycles. The molecule has 0 aromatic rings. The molecule has 0 aliphatic carbocycles. The zero-order valence-electron chi connectivity index (χ0n) is 9.13. The Balaban J connectivity index is 4.35. The van der Waals surface area contributed by atoms with Crippen molar-refractivity contribution in [3.05, 3.63) is 0 Å². The maximum atomic E-state index is 12.1. The van der Waals surface area contributed by atoms with Crippen LogP contribution in [0.4, 0.5) is 13.2 Å². The molecule has 0 heterocycles. The molecule has 7 heteroatoms. The van der Waals surface area contributed by atoms with E-state index in [9.17, 15) is 18.0 Å². The van der Waals surface area contributed by atoms with Crippen LogP contribution in [0.5, 0.6) is 0 Å². The second-order valence-electron chi connectivity index (χ2n) is 3.70. The third-order valence-corrected chi connectivity index (χ3v) is 2.02. The number of nitrogens with two attached hydrogens (primary N) is 1. The van der Waals surface area contributed by atoms with Crippen LogP contribution >= 0.6 is 0 Å². The Morgan fingerprint density at radius 3 is 2.44 bits per heavy atom. The number of aliphatic hydroxyl groups excluding tert-OH is 1. The van der Waals surface area contributed by atoms with E-state index in [1.54, 1.807) is 6.92 Å². The van der Waals surface area contributed by atoms with E-state index in [1.807, 2.05) is 0 Å². The van der Waals surface area contributed by atoms with Gasteiger partial charge in [0, 0.05) is 13.0 Å². The van der Waals surface area contributed by atoms with Gasteiger partial charge >= 0.3 is 6.18 Å². The average Bonchev–Trinajstić information content (AvgIpc) is 2.14. The molecular weight excluding hydrogens is 225 g/mol. The van der Waals surface area contributed by atoms with Gasteiger partial charge in [0.2, 0.25) is 5.91 Å². The molecule has 0 saturated carbocycles. The third kappa shape index (κ3) is 6.62. The van der Waals surface area contributed by atoms with Gasteiger partial charge in [-0.1, -0.05) is 6.92 Å². The van der Waals surface area contributed by atoms with Crippen LogP contribution in [0.15, 0.2) is 0 Å². The predicted molar refractivity (Wildman–Crippen MR) is 52.6 cm³/mol. The summed E-state index contributed by atoms with van der Waals surface area (Å²) in [5.74, 6) is -0.800. The maximum Gasteiger partial charge on any atom is 0.406 e. The van der Waals surface area contributed by atoms with Gasteiger partial charge in [-0.15, -0.1) is 0 Å². The van der Waals surface area contributed by atoms with Gasteiger partial charge in [0.1, 0.15) is 6.54 Å². The number of hydrogen-bond donors (Lipinski definition) is 2. The van der Waals surface area contributed by atoms with E-state index >= 15 is 0 Å². The number of hydrogen-bond acceptors (Lipinski definition) is 3. The first-order valence-electron chi connectivity index (χ1n) is 4.95. The smallest absolute Gasteiger partial charge is 0.395 e. The number of rotatable bonds is 6. The van der Waals surface area contributed by atoms with E-state index in [4.69, 9.17) is 10.8 Å². The highest BCUT2D eigenvalue weighted by atomic mass is 19.4. The van der Waals surface area contributed by atoms with E-state index in [-0.39, 0.29) is 25.4 Å². The van der Waals surface area contributed by atoms with Crippen LogP contribution < -0.4 is 5.73 Å². The minimum absolute atomic E-state index is 0.0351. The molecule has 1 atom stereocenters. The number of nitrogens with zero attached hydrogens (tertiary/aromatic N) is 1. The molecule has 0 fully saturated rings. The van der Waals surface area contributed by atoms with Crippen molar-refractivity contribution < 1.29 is 23.1 Å². The van der Waals surface area contributed by atoms with Gasteiger partial charge in [-0.05, 0) is 12.5 Å². The summed E-state index contributed by atoms with van der Waals surface area (Å²) in [4.78, 5) is 12.0. The Kier molecular flexibility index (Phi) is 6.35. The molecule has 0 aliphatic heterocycles. The number of aliphatic hydroxyl groups is 1. The fraction of sp³-hybridized carbons (Fsp3) is 0.889. The molecule has 0 saturated heterocycles. The van der Waals surface area contributed by atoms with E-state index in [0.717, 1.165) is 0 Å². The first-order valence-corrected chi connectivity index (χ1v) is 4.95. The molecule has 0 aliphatic rings. The Labute approximate surface area is 92.2 Å². The van der Waals surface area contributed by atoms with Crippen molar-refractivity contribution in [2.45, 2.75) is 19.5 Å². The van der Waals surface area contributed by atoms with Crippen LogP contribution in [-0.2, 0) is 4.79 Å². The zero-order valence-corrected chi connectivity index (χ0v) is 9.13. The zero-order chi connectivity index (χ0) is 12.8. The summed E-state index contributed by atoms with van der Waals surface area (Å²) >= 11 is 0. The van der Waals surface area contributed by atoms with E-state index in [0.29, 0.717) is 4.90 Å². The summed E-state index contributed by atoms with van der Waals surface area (Å²) in [6, 6.07) is 0. The van der Waals surface area contributed by atoms with Gasteiger partial charge in [-0.25, -0.2) is 0 Å². The van der Waals surface area contributed by atoms with Crippen LogP contribution in [0, 0.1) is 5.92 Å². The van der Waals surface area contributed by atoms with Crippen molar-refractivity contribution >= 4 is 5.91 Å². The van der Waals surface area contributed by atoms with Crippen molar-refractivity contribution in [1.29, 1.82) is 0 Å². The number of carbonyl (C=O) groups is 1. The first kappa shape index (κ1) is 15.2. The lowest BCUT2D eigenvalue weighted by Crippen LogP contribution is -2.41. The lowest BCUT2D eigenvalue weighted by molar-refractivity contribution is -0.162. The Bertz CT molecular complexity index is 221. The Morgan fingerprint density at radius 2 is 2.06 bits per heavy atom. The molecule has 4 nitrogen and oxygen atoms in total. The predicted octanol–water partition coefficient (Wildman–Crippen LogP) is 0.355. The molecule has 0 bridgehead atoms. The second-order valence-corrected chi connectivity index (χ2v) is 3.70. The monoisotopic (exact) mass is 242 g/mol. The molecule has 0 radical (unpaired) electrons. The SMILES string of the molecule is CC(CN)CC(=O)N(CCO)CC(F)(F)F. The van der Waals surface area contributed by atoms with Crippen LogP contribution in [0.1, 0.15) is 13.3 Å². The quantitative estimate of drug-likeness (QED) is 0.706. The number of amides is 1. The Hall–Kier alpha value is -0.820. The first-order chi connectivity index (χ1) is 7.30. The topological polar surface area (TPSA) is 66.6 Å². The van der Waals surface area contributed by atoms with E-state index < -0.39 is 25.2 Å². The summed E-state index contributed by atoms with van der Waals surface area (Å²) in [6.45, 7) is -0.203. The van der Waals surface area contributed by atoms with Crippen molar-refractivity contribution in [3.63, 3.8) is 0 Å². The summed E-state index contributed by atoms with van der Waals surface area (Å²) in [7, 11) is 0. The van der Waals surface area contributed by atoms with Crippen LogP contribution in [0.25, 0.3) is 0 Å². The summed E-state index contributed by atoms with van der Waals surface area (Å²) < 4.78 is 36.3. The van der Waals surface area contributed by atoms with Crippen molar-refractivity contribution in [2.75, 3.05) is 26.2 Å². The highest BCUT2D eigenvalue weighted by Gasteiger charge is 2.32. The Morgan fingerprint density at radius 1 is 1.50 bits per heavy atom. The highest BCUT2D eigenvalue weighted by molar-refractivity contribution is 5.76. The van der Waals surface area contributed by atoms with Gasteiger partial charge in [-0.3, -0.25) is 4.79 Å². The summed E-state index contributed by atoms with van der Waals surface area (Å²) in [5, 5.41) is 8.59. The van der Waals surface area contributed by atoms with Crippen LogP contribution in [0.3, 0.4) is 0 Å². The molecule has 3 N–H and O–H groups in total. The van der Waals surface area contributed by atoms with Gasteiger partial charge in [0.15, 0.2) is 0 Å². The summed E-state index contributed by atoms with van der Waals surface area (Å²) in [5.41, 5.74) is 5.28. The lowest BCUT2D eigenvalue weighted by Gasteiger charge is -2.24. The number of halogens is 3. The molecule has 96 valence electrons. The van der Waals surface area contributed by atoms with Gasteiger partial charge in [-0.2, -0.15) is 13.2 Å². The standard InChI is InChI=1S/C9H17F3N2O2/c1-7(5-13)4-8(16)14(2-3-15)6-9(10,11)12/h7,15H,2-6,13H2,1H3. The van der Waals surface area contributed by atoms with Crippen LogP contribution in [-0.4, -0.2) is 48.3 Å². The van der Waals surface area contributed by atoms with Gasteiger partial charge in [0.05, 0.1) is 6.61 Å². The highest BCUT2D eigenvalue weighted by Crippen LogP contribution is 2.17. The minimum Gasteiger partial charge on any atom is -0.395 e. The molecule has 0 rings (SSSR count). The normalized spacial score (nSPS) is 13.6. The van der Waals surface area contributed by atoms with Crippen LogP contribution in [0.2, 0.25) is 0 Å². The maximum absolute atomic E-state index is 12.1. The van der Waals surface area contributed by atoms with Crippen molar-refractivity contribution in [3.8, 4) is 0 Å². The molecule has 1 unspecified atom stereocenters. The molecule has 16 heavy (non-hydrogen) atoms. The largest absolute Gasteiger partial charge is 0.406 e. The lowest BCUT2D eigenvalue weighted by atomic mass is 10.1. The number of carbonyl (C=O) groups excluding carboxylic acids is 1. The fourth-order valence-corrected chi connectivity index (χ4v) is 1.14. The molecular formula is C9H17F3N2O2. The second kappa shape index (κ2) is 6.70. The van der Waals surface area contributed by atoms with Crippen molar-refractivity contribution in [2.24, 2.45) is 11.7 Å². The van der Waals surface area contributed by atoms with E-state index in [2.05, 4.69) is 0 Å². The average molecular weight is 242 g/mol. The summed E-state index contributed by atoms with van der Waals surface area (Å²) in [6.07, 6.45) is -4.48. The third-order valence-electron chi connectivity index (χ3n) is 2.02.